The highest BCUT2D eigenvalue weighted by Crippen LogP contribution is 2.72. The van der Waals surface area contributed by atoms with E-state index in [1.54, 1.807) is 18.1 Å². The van der Waals surface area contributed by atoms with E-state index >= 15 is 0 Å². The number of carboxylic acid groups (broad SMARTS) is 1. The first-order valence-electron chi connectivity index (χ1n) is 13.5. The first kappa shape index (κ1) is 24.7. The van der Waals surface area contributed by atoms with E-state index in [1.807, 2.05) is 6.08 Å². The lowest BCUT2D eigenvalue weighted by molar-refractivity contribution is -0.139. The van der Waals surface area contributed by atoms with Crippen LogP contribution in [0.15, 0.2) is 22.8 Å². The molecule has 0 saturated heterocycles. The third-order valence-electron chi connectivity index (χ3n) is 11.7. The zero-order valence-corrected chi connectivity index (χ0v) is 22.1. The molecule has 2 fully saturated rings. The van der Waals surface area contributed by atoms with Crippen LogP contribution in [0, 0.1) is 39.4 Å². The van der Waals surface area contributed by atoms with Crippen LogP contribution in [-0.2, 0) is 9.59 Å². The summed E-state index contributed by atoms with van der Waals surface area (Å²) >= 11 is 0. The van der Waals surface area contributed by atoms with E-state index < -0.39 is 5.97 Å². The number of carboxylic acids is 1. The summed E-state index contributed by atoms with van der Waals surface area (Å²) in [6.45, 7) is 16.2. The summed E-state index contributed by atoms with van der Waals surface area (Å²) in [7, 11) is 0. The highest BCUT2D eigenvalue weighted by molar-refractivity contribution is 5.86. The van der Waals surface area contributed by atoms with E-state index in [0.29, 0.717) is 34.5 Å². The Labute approximate surface area is 201 Å². The Balaban J connectivity index is 1.61. The van der Waals surface area contributed by atoms with Crippen molar-refractivity contribution >= 4 is 11.8 Å². The molecule has 0 spiro atoms. The van der Waals surface area contributed by atoms with Crippen LogP contribution >= 0.6 is 0 Å². The Morgan fingerprint density at radius 2 is 1.73 bits per heavy atom. The molecular weight excluding hydrogens is 408 g/mol. The van der Waals surface area contributed by atoms with Crippen LogP contribution in [0.5, 0.6) is 0 Å². The first-order valence-corrected chi connectivity index (χ1v) is 13.5. The average Bonchev–Trinajstić information content (AvgIpc) is 3.02. The summed E-state index contributed by atoms with van der Waals surface area (Å²) in [6, 6.07) is 0. The summed E-state index contributed by atoms with van der Waals surface area (Å²) in [4.78, 5) is 23.9. The number of allylic oxidation sites excluding steroid dienone is 3. The number of hydrogen-bond acceptors (Lipinski definition) is 2. The van der Waals surface area contributed by atoms with Gasteiger partial charge in [-0.25, -0.2) is 4.79 Å². The second kappa shape index (κ2) is 8.09. The maximum absolute atomic E-state index is 12.8. The van der Waals surface area contributed by atoms with E-state index in [0.717, 1.165) is 25.7 Å². The molecule has 4 rings (SSSR count). The summed E-state index contributed by atoms with van der Waals surface area (Å²) in [5, 5.41) is 9.16. The molecule has 0 aromatic heterocycles. The minimum atomic E-state index is -0.800. The molecule has 3 heteroatoms. The van der Waals surface area contributed by atoms with Gasteiger partial charge in [-0.05, 0) is 98.7 Å². The van der Waals surface area contributed by atoms with Crippen LogP contribution in [0.4, 0.5) is 0 Å². The Hall–Kier alpha value is -1.38. The number of carbonyl (C=O) groups excluding carboxylic acids is 1. The Morgan fingerprint density at radius 3 is 2.39 bits per heavy atom. The first-order chi connectivity index (χ1) is 15.3. The molecule has 1 unspecified atom stereocenters. The smallest absolute Gasteiger partial charge is 0.330 e. The maximum atomic E-state index is 12.8. The molecule has 0 radical (unpaired) electrons. The second-order valence-electron chi connectivity index (χ2n) is 13.3. The number of aliphatic carboxylic acids is 1. The summed E-state index contributed by atoms with van der Waals surface area (Å²) in [6.07, 6.45) is 13.0. The number of fused-ring (bicyclic) bond motifs is 4. The van der Waals surface area contributed by atoms with Gasteiger partial charge in [-0.2, -0.15) is 0 Å². The number of rotatable bonds is 5. The Kier molecular flexibility index (Phi) is 6.07. The lowest BCUT2D eigenvalue weighted by Crippen LogP contribution is -2.53. The highest BCUT2D eigenvalue weighted by atomic mass is 16.4. The quantitative estimate of drug-likeness (QED) is 0.341. The maximum Gasteiger partial charge on any atom is 0.330 e. The summed E-state index contributed by atoms with van der Waals surface area (Å²) in [5.74, 6) is 1.47. The number of ketones is 1. The van der Waals surface area contributed by atoms with Crippen LogP contribution in [0.25, 0.3) is 0 Å². The largest absolute Gasteiger partial charge is 0.478 e. The molecule has 184 valence electrons. The van der Waals surface area contributed by atoms with Crippen molar-refractivity contribution in [2.24, 2.45) is 39.4 Å². The van der Waals surface area contributed by atoms with Gasteiger partial charge in [0.2, 0.25) is 0 Å². The van der Waals surface area contributed by atoms with Crippen LogP contribution in [0.3, 0.4) is 0 Å². The van der Waals surface area contributed by atoms with Crippen LogP contribution < -0.4 is 0 Å². The molecular formula is C30H46O3. The summed E-state index contributed by atoms with van der Waals surface area (Å²) < 4.78 is 0. The van der Waals surface area contributed by atoms with Gasteiger partial charge in [0.25, 0.3) is 0 Å². The van der Waals surface area contributed by atoms with Crippen molar-refractivity contribution in [3.8, 4) is 0 Å². The van der Waals surface area contributed by atoms with Crippen molar-refractivity contribution in [3.05, 3.63) is 22.8 Å². The lowest BCUT2D eigenvalue weighted by Gasteiger charge is -2.61. The van der Waals surface area contributed by atoms with Crippen molar-refractivity contribution in [3.63, 3.8) is 0 Å². The van der Waals surface area contributed by atoms with Crippen molar-refractivity contribution in [1.82, 2.24) is 0 Å². The fraction of sp³-hybridized carbons (Fsp3) is 0.800. The van der Waals surface area contributed by atoms with Crippen LogP contribution in [0.2, 0.25) is 0 Å². The predicted octanol–water partition coefficient (Wildman–Crippen LogP) is 7.75. The van der Waals surface area contributed by atoms with E-state index in [4.69, 9.17) is 5.11 Å². The standard InChI is InChI=1S/C30H46O3/c1-19(9-8-10-20(2)26(32)33)21-13-17-30(7)23-11-12-24-27(3,4)25(31)15-16-28(24,5)22(23)14-18-29(21,30)6/h10,19,21,24H,8-9,11-18H2,1-7H3,(H,32,33)/t19?,21-,24+,28-,29-,30+/m1/s1. The third kappa shape index (κ3) is 3.50. The van der Waals surface area contributed by atoms with Gasteiger partial charge in [-0.1, -0.05) is 58.8 Å². The normalized spacial score (nSPS) is 41.3. The monoisotopic (exact) mass is 454 g/mol. The average molecular weight is 455 g/mol. The molecule has 0 aromatic rings. The van der Waals surface area contributed by atoms with Gasteiger partial charge in [-0.3, -0.25) is 4.79 Å². The van der Waals surface area contributed by atoms with Crippen molar-refractivity contribution in [2.75, 3.05) is 0 Å². The molecule has 2 saturated carbocycles. The molecule has 0 amide bonds. The number of hydrogen-bond donors (Lipinski definition) is 1. The molecule has 0 aliphatic heterocycles. The van der Waals surface area contributed by atoms with Crippen LogP contribution in [-0.4, -0.2) is 16.9 Å². The SMILES string of the molecule is CC(=CCCC(C)[C@H]1CC[C@@]2(C)C3=C(CC[C@]12C)[C@@]1(C)CCC(=O)C(C)(C)[C@@H]1CC3)C(=O)O. The molecule has 4 aliphatic rings. The van der Waals surface area contributed by atoms with Crippen molar-refractivity contribution in [1.29, 1.82) is 0 Å². The Bertz CT molecular complexity index is 908. The zero-order chi connectivity index (χ0) is 24.4. The molecule has 1 N–H and O–H groups in total. The molecule has 0 aromatic carbocycles. The lowest BCUT2D eigenvalue weighted by atomic mass is 9.43. The summed E-state index contributed by atoms with van der Waals surface area (Å²) in [5.41, 5.74) is 4.58. The van der Waals surface area contributed by atoms with Gasteiger partial charge < -0.3 is 5.11 Å². The van der Waals surface area contributed by atoms with Gasteiger partial charge in [0.1, 0.15) is 5.78 Å². The number of carbonyl (C=O) groups is 2. The molecule has 0 bridgehead atoms. The van der Waals surface area contributed by atoms with Crippen molar-refractivity contribution in [2.45, 2.75) is 113 Å². The highest BCUT2D eigenvalue weighted by Gasteiger charge is 2.63. The minimum absolute atomic E-state index is 0.193. The van der Waals surface area contributed by atoms with Gasteiger partial charge in [0, 0.05) is 17.4 Å². The molecule has 33 heavy (non-hydrogen) atoms. The van der Waals surface area contributed by atoms with Gasteiger partial charge in [0.15, 0.2) is 0 Å². The van der Waals surface area contributed by atoms with Crippen molar-refractivity contribution < 1.29 is 14.7 Å². The molecule has 3 nitrogen and oxygen atoms in total. The van der Waals surface area contributed by atoms with Gasteiger partial charge in [0.05, 0.1) is 0 Å². The Morgan fingerprint density at radius 1 is 1.03 bits per heavy atom. The van der Waals surface area contributed by atoms with Gasteiger partial charge in [-0.15, -0.1) is 0 Å². The predicted molar refractivity (Wildman–Crippen MR) is 134 cm³/mol. The minimum Gasteiger partial charge on any atom is -0.478 e. The zero-order valence-electron chi connectivity index (χ0n) is 22.1. The molecule has 4 aliphatic carbocycles. The number of Topliss-reactive ketones (excluding diaryl/α,β-unsaturated/α-hetero) is 1. The van der Waals surface area contributed by atoms with E-state index in [2.05, 4.69) is 41.5 Å². The second-order valence-corrected chi connectivity index (χ2v) is 13.3. The third-order valence-corrected chi connectivity index (χ3v) is 11.7. The van der Waals surface area contributed by atoms with Gasteiger partial charge >= 0.3 is 5.97 Å². The van der Waals surface area contributed by atoms with Crippen LogP contribution in [0.1, 0.15) is 113 Å². The topological polar surface area (TPSA) is 54.4 Å². The fourth-order valence-electron chi connectivity index (χ4n) is 9.29. The van der Waals surface area contributed by atoms with E-state index in [1.165, 1.54) is 38.5 Å². The molecule has 6 atom stereocenters. The van der Waals surface area contributed by atoms with E-state index in [-0.39, 0.29) is 16.2 Å². The fourth-order valence-corrected chi connectivity index (χ4v) is 9.29. The molecule has 0 heterocycles. The van der Waals surface area contributed by atoms with E-state index in [9.17, 15) is 9.59 Å².